The minimum atomic E-state index is -0.933. The third-order valence-corrected chi connectivity index (χ3v) is 3.48. The van der Waals surface area contributed by atoms with E-state index in [0.717, 1.165) is 0 Å². The lowest BCUT2D eigenvalue weighted by atomic mass is 10.0. The standard InChI is InChI=1S/C11H17N3O3S/c1-11(16)3-4-17-9(11)13-8-7(6-15)5-12-10(14-8)18-2/h5,9,15-16H,3-4,6H2,1-2H3,(H,12,13,14). The van der Waals surface area contributed by atoms with Crippen LogP contribution >= 0.6 is 11.8 Å². The monoisotopic (exact) mass is 271 g/mol. The van der Waals surface area contributed by atoms with Gasteiger partial charge >= 0.3 is 0 Å². The molecule has 2 heterocycles. The minimum Gasteiger partial charge on any atom is -0.391 e. The summed E-state index contributed by atoms with van der Waals surface area (Å²) in [6, 6.07) is 0. The van der Waals surface area contributed by atoms with Gasteiger partial charge in [0.25, 0.3) is 0 Å². The number of hydrogen-bond acceptors (Lipinski definition) is 7. The first-order valence-electron chi connectivity index (χ1n) is 5.68. The van der Waals surface area contributed by atoms with Crippen LogP contribution in [0.15, 0.2) is 11.4 Å². The van der Waals surface area contributed by atoms with Crippen LogP contribution < -0.4 is 5.32 Å². The first kappa shape index (κ1) is 13.5. The fourth-order valence-corrected chi connectivity index (χ4v) is 2.09. The van der Waals surface area contributed by atoms with Crippen LogP contribution in [0.5, 0.6) is 0 Å². The van der Waals surface area contributed by atoms with Gasteiger partial charge in [-0.1, -0.05) is 11.8 Å². The summed E-state index contributed by atoms with van der Waals surface area (Å²) in [6.45, 7) is 2.05. The molecule has 3 N–H and O–H groups in total. The quantitative estimate of drug-likeness (QED) is 0.546. The second kappa shape index (κ2) is 5.40. The number of rotatable bonds is 4. The molecule has 2 atom stereocenters. The van der Waals surface area contributed by atoms with E-state index < -0.39 is 11.8 Å². The Balaban J connectivity index is 2.21. The van der Waals surface area contributed by atoms with Gasteiger partial charge in [0.2, 0.25) is 0 Å². The third-order valence-electron chi connectivity index (χ3n) is 2.92. The van der Waals surface area contributed by atoms with Gasteiger partial charge < -0.3 is 20.3 Å². The smallest absolute Gasteiger partial charge is 0.189 e. The number of aliphatic hydroxyl groups is 2. The highest BCUT2D eigenvalue weighted by atomic mass is 32.2. The Bertz CT molecular complexity index is 428. The van der Waals surface area contributed by atoms with Crippen LogP contribution in [0.2, 0.25) is 0 Å². The molecule has 1 aliphatic heterocycles. The van der Waals surface area contributed by atoms with Gasteiger partial charge in [-0.05, 0) is 13.2 Å². The van der Waals surface area contributed by atoms with Gasteiger partial charge in [-0.2, -0.15) is 0 Å². The molecule has 1 aromatic rings. The maximum atomic E-state index is 10.1. The minimum absolute atomic E-state index is 0.161. The maximum Gasteiger partial charge on any atom is 0.189 e. The van der Waals surface area contributed by atoms with E-state index in [0.29, 0.717) is 29.6 Å². The summed E-state index contributed by atoms with van der Waals surface area (Å²) in [5.74, 6) is 0.504. The largest absolute Gasteiger partial charge is 0.391 e. The summed E-state index contributed by atoms with van der Waals surface area (Å²) >= 11 is 1.41. The molecule has 100 valence electrons. The fraction of sp³-hybridized carbons (Fsp3) is 0.636. The highest BCUT2D eigenvalue weighted by molar-refractivity contribution is 7.98. The molecule has 1 fully saturated rings. The molecular weight excluding hydrogens is 254 g/mol. The Morgan fingerprint density at radius 2 is 2.44 bits per heavy atom. The summed E-state index contributed by atoms with van der Waals surface area (Å²) < 4.78 is 5.44. The van der Waals surface area contributed by atoms with Crippen LogP contribution in [-0.2, 0) is 11.3 Å². The van der Waals surface area contributed by atoms with Gasteiger partial charge in [0.1, 0.15) is 11.4 Å². The van der Waals surface area contributed by atoms with Crippen molar-refractivity contribution in [3.05, 3.63) is 11.8 Å². The molecule has 2 rings (SSSR count). The van der Waals surface area contributed by atoms with Gasteiger partial charge in [0.05, 0.1) is 13.2 Å². The zero-order chi connectivity index (χ0) is 13.2. The highest BCUT2D eigenvalue weighted by Gasteiger charge is 2.38. The zero-order valence-electron chi connectivity index (χ0n) is 10.4. The molecule has 7 heteroatoms. The van der Waals surface area contributed by atoms with Gasteiger partial charge in [0, 0.05) is 18.2 Å². The highest BCUT2D eigenvalue weighted by Crippen LogP contribution is 2.27. The summed E-state index contributed by atoms with van der Waals surface area (Å²) in [7, 11) is 0. The molecule has 0 bridgehead atoms. The summed E-state index contributed by atoms with van der Waals surface area (Å²) in [6.07, 6.45) is 3.50. The molecule has 1 aromatic heterocycles. The summed E-state index contributed by atoms with van der Waals surface area (Å²) in [5, 5.41) is 23.0. The normalized spacial score (nSPS) is 27.4. The van der Waals surface area contributed by atoms with E-state index in [1.165, 1.54) is 11.8 Å². The number of thioether (sulfide) groups is 1. The number of nitrogens with one attached hydrogen (secondary N) is 1. The van der Waals surface area contributed by atoms with Crippen LogP contribution in [0.4, 0.5) is 5.82 Å². The van der Waals surface area contributed by atoms with Crippen molar-refractivity contribution in [3.8, 4) is 0 Å². The SMILES string of the molecule is CSc1ncc(CO)c(NC2OCCC2(C)O)n1. The molecule has 0 aromatic carbocycles. The molecule has 0 aliphatic carbocycles. The van der Waals surface area contributed by atoms with E-state index in [-0.39, 0.29) is 6.61 Å². The molecule has 1 aliphatic rings. The predicted molar refractivity (Wildman–Crippen MR) is 68.3 cm³/mol. The Hall–Kier alpha value is -0.890. The van der Waals surface area contributed by atoms with E-state index in [4.69, 9.17) is 4.74 Å². The lowest BCUT2D eigenvalue weighted by Crippen LogP contribution is -2.40. The molecule has 0 spiro atoms. The van der Waals surface area contributed by atoms with E-state index in [1.54, 1.807) is 13.1 Å². The van der Waals surface area contributed by atoms with Crippen molar-refractivity contribution in [2.24, 2.45) is 0 Å². The number of nitrogens with zero attached hydrogens (tertiary/aromatic N) is 2. The Morgan fingerprint density at radius 1 is 1.67 bits per heavy atom. The Labute approximate surface area is 110 Å². The number of aliphatic hydroxyl groups excluding tert-OH is 1. The second-order valence-electron chi connectivity index (χ2n) is 4.39. The Morgan fingerprint density at radius 3 is 3.00 bits per heavy atom. The van der Waals surface area contributed by atoms with Crippen LogP contribution in [-0.4, -0.2) is 44.9 Å². The molecular formula is C11H17N3O3S. The number of hydrogen-bond donors (Lipinski definition) is 3. The second-order valence-corrected chi connectivity index (χ2v) is 5.16. The van der Waals surface area contributed by atoms with Crippen molar-refractivity contribution in [1.29, 1.82) is 0 Å². The lowest BCUT2D eigenvalue weighted by molar-refractivity contribution is -0.00864. The number of aromatic nitrogens is 2. The van der Waals surface area contributed by atoms with Crippen molar-refractivity contribution in [1.82, 2.24) is 9.97 Å². The molecule has 2 unspecified atom stereocenters. The van der Waals surface area contributed by atoms with Crippen LogP contribution in [0, 0.1) is 0 Å². The van der Waals surface area contributed by atoms with Crippen molar-refractivity contribution in [2.75, 3.05) is 18.2 Å². The Kier molecular flexibility index (Phi) is 4.06. The van der Waals surface area contributed by atoms with Crippen molar-refractivity contribution in [3.63, 3.8) is 0 Å². The fourth-order valence-electron chi connectivity index (χ4n) is 1.74. The predicted octanol–water partition coefficient (Wildman–Crippen LogP) is 0.600. The van der Waals surface area contributed by atoms with Gasteiger partial charge in [0.15, 0.2) is 11.4 Å². The average molecular weight is 271 g/mol. The van der Waals surface area contributed by atoms with Crippen LogP contribution in [0.25, 0.3) is 0 Å². The summed E-state index contributed by atoms with van der Waals surface area (Å²) in [5.41, 5.74) is -0.351. The number of anilines is 1. The maximum absolute atomic E-state index is 10.1. The molecule has 0 radical (unpaired) electrons. The van der Waals surface area contributed by atoms with E-state index >= 15 is 0 Å². The summed E-state index contributed by atoms with van der Waals surface area (Å²) in [4.78, 5) is 8.37. The molecule has 18 heavy (non-hydrogen) atoms. The average Bonchev–Trinajstić information content (AvgIpc) is 2.68. The molecule has 6 nitrogen and oxygen atoms in total. The van der Waals surface area contributed by atoms with Crippen LogP contribution in [0.1, 0.15) is 18.9 Å². The van der Waals surface area contributed by atoms with Gasteiger partial charge in [-0.15, -0.1) is 0 Å². The van der Waals surface area contributed by atoms with Gasteiger partial charge in [-0.3, -0.25) is 0 Å². The van der Waals surface area contributed by atoms with Crippen molar-refractivity contribution < 1.29 is 14.9 Å². The lowest BCUT2D eigenvalue weighted by Gasteiger charge is -2.25. The van der Waals surface area contributed by atoms with E-state index in [1.807, 2.05) is 6.26 Å². The first-order chi connectivity index (χ1) is 8.56. The topological polar surface area (TPSA) is 87.5 Å². The van der Waals surface area contributed by atoms with Crippen molar-refractivity contribution >= 4 is 17.6 Å². The number of ether oxygens (including phenoxy) is 1. The zero-order valence-corrected chi connectivity index (χ0v) is 11.2. The molecule has 0 amide bonds. The van der Waals surface area contributed by atoms with E-state index in [2.05, 4.69) is 15.3 Å². The third kappa shape index (κ3) is 2.74. The van der Waals surface area contributed by atoms with Gasteiger partial charge in [-0.25, -0.2) is 9.97 Å². The first-order valence-corrected chi connectivity index (χ1v) is 6.90. The van der Waals surface area contributed by atoms with E-state index in [9.17, 15) is 10.2 Å². The van der Waals surface area contributed by atoms with Crippen molar-refractivity contribution in [2.45, 2.75) is 36.9 Å². The molecule has 0 saturated carbocycles. The van der Waals surface area contributed by atoms with Crippen LogP contribution in [0.3, 0.4) is 0 Å². The molecule has 1 saturated heterocycles.